The van der Waals surface area contributed by atoms with Gasteiger partial charge in [-0.05, 0) is 42.3 Å². The number of rotatable bonds is 4. The van der Waals surface area contributed by atoms with Crippen molar-refractivity contribution in [1.29, 1.82) is 5.26 Å². The van der Waals surface area contributed by atoms with Crippen molar-refractivity contribution in [2.75, 3.05) is 5.73 Å². The Bertz CT molecular complexity index is 342. The van der Waals surface area contributed by atoms with E-state index in [2.05, 4.69) is 6.92 Å². The normalized spacial score (nSPS) is 9.71. The summed E-state index contributed by atoms with van der Waals surface area (Å²) in [7, 11) is 0. The van der Waals surface area contributed by atoms with Crippen LogP contribution >= 0.6 is 11.8 Å². The molecule has 0 atom stereocenters. The van der Waals surface area contributed by atoms with E-state index < -0.39 is 0 Å². The number of hydrogen-bond donors (Lipinski definition) is 1. The molecule has 0 aliphatic heterocycles. The van der Waals surface area contributed by atoms with Gasteiger partial charge in [-0.15, -0.1) is 0 Å². The first kappa shape index (κ1) is 10.9. The van der Waals surface area contributed by atoms with Crippen molar-refractivity contribution in [2.45, 2.75) is 31.1 Å². The second-order valence-corrected chi connectivity index (χ2v) is 4.00. The molecule has 0 amide bonds. The van der Waals surface area contributed by atoms with E-state index in [0.29, 0.717) is 5.69 Å². The highest BCUT2D eigenvalue weighted by molar-refractivity contribution is 8.03. The van der Waals surface area contributed by atoms with E-state index in [1.165, 1.54) is 18.4 Å². The van der Waals surface area contributed by atoms with Crippen LogP contribution in [0, 0.1) is 10.7 Å². The van der Waals surface area contributed by atoms with Gasteiger partial charge in [0, 0.05) is 10.6 Å². The predicted octanol–water partition coefficient (Wildman–Crippen LogP) is 3.18. The Morgan fingerprint density at radius 2 is 2.29 bits per heavy atom. The van der Waals surface area contributed by atoms with Crippen LogP contribution in [0.25, 0.3) is 0 Å². The largest absolute Gasteiger partial charge is 0.398 e. The molecule has 1 aromatic carbocycles. The van der Waals surface area contributed by atoms with Crippen molar-refractivity contribution >= 4 is 17.4 Å². The number of nitriles is 1. The first-order valence-electron chi connectivity index (χ1n) is 4.72. The number of nitrogens with zero attached hydrogens (tertiary/aromatic N) is 1. The summed E-state index contributed by atoms with van der Waals surface area (Å²) in [6.07, 6.45) is 3.43. The molecule has 0 heterocycles. The van der Waals surface area contributed by atoms with Gasteiger partial charge >= 0.3 is 0 Å². The lowest BCUT2D eigenvalue weighted by Gasteiger charge is -2.04. The van der Waals surface area contributed by atoms with Gasteiger partial charge in [-0.25, -0.2) is 0 Å². The van der Waals surface area contributed by atoms with Crippen molar-refractivity contribution in [3.8, 4) is 5.40 Å². The number of unbranched alkanes of at least 4 members (excludes halogenated alkanes) is 1. The van der Waals surface area contributed by atoms with E-state index >= 15 is 0 Å². The number of thiocyanates is 1. The maximum atomic E-state index is 8.57. The van der Waals surface area contributed by atoms with Crippen LogP contribution in [0.3, 0.4) is 0 Å². The average molecular weight is 206 g/mol. The summed E-state index contributed by atoms with van der Waals surface area (Å²) in [5.74, 6) is 0. The molecular formula is C11H14N2S. The van der Waals surface area contributed by atoms with Crippen LogP contribution in [0.4, 0.5) is 5.69 Å². The third-order valence-corrected chi connectivity index (χ3v) is 2.72. The second kappa shape index (κ2) is 5.56. The van der Waals surface area contributed by atoms with Crippen LogP contribution in [0.2, 0.25) is 0 Å². The number of benzene rings is 1. The van der Waals surface area contributed by atoms with Crippen LogP contribution in [0.1, 0.15) is 25.3 Å². The van der Waals surface area contributed by atoms with Gasteiger partial charge in [-0.1, -0.05) is 19.4 Å². The highest BCUT2D eigenvalue weighted by Crippen LogP contribution is 2.25. The van der Waals surface area contributed by atoms with Gasteiger partial charge in [0.05, 0.1) is 0 Å². The Hall–Kier alpha value is -1.14. The van der Waals surface area contributed by atoms with Gasteiger partial charge in [-0.3, -0.25) is 0 Å². The first-order chi connectivity index (χ1) is 6.77. The summed E-state index contributed by atoms with van der Waals surface area (Å²) in [6.45, 7) is 2.17. The van der Waals surface area contributed by atoms with Crippen LogP contribution < -0.4 is 5.73 Å². The molecule has 1 rings (SSSR count). The standard InChI is InChI=1S/C11H14N2S/c1-2-3-4-9-5-6-10(13)11(7-9)14-8-12/h5-7H,2-4,13H2,1H3. The summed E-state index contributed by atoms with van der Waals surface area (Å²) in [5.41, 5.74) is 7.69. The number of thioether (sulfide) groups is 1. The molecular weight excluding hydrogens is 192 g/mol. The summed E-state index contributed by atoms with van der Waals surface area (Å²) in [5, 5.41) is 10.6. The minimum Gasteiger partial charge on any atom is -0.398 e. The molecule has 0 aliphatic rings. The molecule has 0 saturated carbocycles. The summed E-state index contributed by atoms with van der Waals surface area (Å²) in [6, 6.07) is 5.93. The van der Waals surface area contributed by atoms with E-state index in [4.69, 9.17) is 11.0 Å². The third kappa shape index (κ3) is 2.97. The second-order valence-electron chi connectivity index (χ2n) is 3.17. The maximum absolute atomic E-state index is 8.57. The topological polar surface area (TPSA) is 49.8 Å². The van der Waals surface area contributed by atoms with E-state index in [9.17, 15) is 0 Å². The fourth-order valence-electron chi connectivity index (χ4n) is 1.25. The summed E-state index contributed by atoms with van der Waals surface area (Å²) >= 11 is 1.13. The van der Waals surface area contributed by atoms with Gasteiger partial charge in [0.15, 0.2) is 0 Å². The van der Waals surface area contributed by atoms with Crippen LogP contribution in [-0.2, 0) is 6.42 Å². The van der Waals surface area contributed by atoms with Gasteiger partial charge < -0.3 is 5.73 Å². The molecule has 3 heteroatoms. The Labute approximate surface area is 89.1 Å². The monoisotopic (exact) mass is 206 g/mol. The zero-order chi connectivity index (χ0) is 10.4. The van der Waals surface area contributed by atoms with Gasteiger partial charge in [-0.2, -0.15) is 5.26 Å². The number of nitrogens with two attached hydrogens (primary N) is 1. The van der Waals surface area contributed by atoms with Crippen molar-refractivity contribution in [3.63, 3.8) is 0 Å². The van der Waals surface area contributed by atoms with Crippen LogP contribution in [0.5, 0.6) is 0 Å². The molecule has 0 aromatic heterocycles. The number of hydrogen-bond acceptors (Lipinski definition) is 3. The molecule has 74 valence electrons. The van der Waals surface area contributed by atoms with Crippen molar-refractivity contribution < 1.29 is 0 Å². The number of anilines is 1. The van der Waals surface area contributed by atoms with E-state index in [0.717, 1.165) is 23.1 Å². The van der Waals surface area contributed by atoms with Crippen LogP contribution in [0.15, 0.2) is 23.1 Å². The van der Waals surface area contributed by atoms with Gasteiger partial charge in [0.1, 0.15) is 5.40 Å². The quantitative estimate of drug-likeness (QED) is 0.467. The minimum absolute atomic E-state index is 0.691. The fourth-order valence-corrected chi connectivity index (χ4v) is 1.75. The van der Waals surface area contributed by atoms with Crippen LogP contribution in [-0.4, -0.2) is 0 Å². The Kier molecular flexibility index (Phi) is 4.34. The Morgan fingerprint density at radius 3 is 2.93 bits per heavy atom. The molecule has 2 N–H and O–H groups in total. The van der Waals surface area contributed by atoms with Crippen molar-refractivity contribution in [3.05, 3.63) is 23.8 Å². The zero-order valence-corrected chi connectivity index (χ0v) is 9.10. The van der Waals surface area contributed by atoms with E-state index in [1.807, 2.05) is 23.6 Å². The van der Waals surface area contributed by atoms with E-state index in [1.54, 1.807) is 0 Å². The third-order valence-electron chi connectivity index (χ3n) is 2.05. The molecule has 0 saturated heterocycles. The smallest absolute Gasteiger partial charge is 0.138 e. The molecule has 0 aliphatic carbocycles. The Morgan fingerprint density at radius 1 is 1.50 bits per heavy atom. The zero-order valence-electron chi connectivity index (χ0n) is 8.29. The molecule has 0 unspecified atom stereocenters. The highest BCUT2D eigenvalue weighted by atomic mass is 32.2. The summed E-state index contributed by atoms with van der Waals surface area (Å²) < 4.78 is 0. The lowest BCUT2D eigenvalue weighted by Crippen LogP contribution is -1.91. The molecule has 0 fully saturated rings. The lowest BCUT2D eigenvalue weighted by atomic mass is 10.1. The molecule has 0 radical (unpaired) electrons. The summed E-state index contributed by atoms with van der Waals surface area (Å²) in [4.78, 5) is 0.876. The van der Waals surface area contributed by atoms with E-state index in [-0.39, 0.29) is 0 Å². The number of aryl methyl sites for hydroxylation is 1. The molecule has 1 aromatic rings. The number of nitrogen functional groups attached to an aromatic ring is 1. The predicted molar refractivity (Wildman–Crippen MR) is 60.9 cm³/mol. The molecule has 0 bridgehead atoms. The fraction of sp³-hybridized carbons (Fsp3) is 0.364. The average Bonchev–Trinajstić information content (AvgIpc) is 2.19. The lowest BCUT2D eigenvalue weighted by molar-refractivity contribution is 0.794. The van der Waals surface area contributed by atoms with Gasteiger partial charge in [0.2, 0.25) is 0 Å². The first-order valence-corrected chi connectivity index (χ1v) is 5.54. The van der Waals surface area contributed by atoms with Crippen molar-refractivity contribution in [1.82, 2.24) is 0 Å². The molecule has 0 spiro atoms. The molecule has 2 nitrogen and oxygen atoms in total. The SMILES string of the molecule is CCCCc1ccc(N)c(SC#N)c1. The minimum atomic E-state index is 0.691. The van der Waals surface area contributed by atoms with Gasteiger partial charge in [0.25, 0.3) is 0 Å². The van der Waals surface area contributed by atoms with Crippen molar-refractivity contribution in [2.24, 2.45) is 0 Å². The Balaban J connectivity index is 2.79. The highest BCUT2D eigenvalue weighted by Gasteiger charge is 2.01. The maximum Gasteiger partial charge on any atom is 0.138 e. The molecule has 14 heavy (non-hydrogen) atoms.